The van der Waals surface area contributed by atoms with Crippen LogP contribution in [0.2, 0.25) is 5.02 Å². The van der Waals surface area contributed by atoms with Crippen LogP contribution >= 0.6 is 11.6 Å². The van der Waals surface area contributed by atoms with Crippen LogP contribution in [0.4, 0.5) is 5.69 Å². The summed E-state index contributed by atoms with van der Waals surface area (Å²) in [5.41, 5.74) is 1.02. The molecule has 0 saturated heterocycles. The molecule has 1 aromatic heterocycles. The number of halogens is 1. The fourth-order valence-electron chi connectivity index (χ4n) is 4.00. The van der Waals surface area contributed by atoms with Crippen molar-refractivity contribution in [1.29, 1.82) is 0 Å². The zero-order valence-corrected chi connectivity index (χ0v) is 21.9. The van der Waals surface area contributed by atoms with Gasteiger partial charge in [-0.05, 0) is 44.0 Å². The van der Waals surface area contributed by atoms with E-state index in [1.54, 1.807) is 73.7 Å². The summed E-state index contributed by atoms with van der Waals surface area (Å²) in [7, 11) is 0. The molecule has 0 aliphatic heterocycles. The molecule has 1 unspecified atom stereocenters. The van der Waals surface area contributed by atoms with Crippen molar-refractivity contribution in [3.05, 3.63) is 121 Å². The Hall–Kier alpha value is -4.37. The molecule has 1 amide bonds. The number of rotatable bonds is 9. The van der Waals surface area contributed by atoms with E-state index in [9.17, 15) is 19.2 Å². The molecule has 3 aromatic carbocycles. The molecule has 0 radical (unpaired) electrons. The van der Waals surface area contributed by atoms with E-state index in [0.717, 1.165) is 26.2 Å². The number of carbonyl (C=O) groups excluding carboxylic acids is 2. The van der Waals surface area contributed by atoms with E-state index in [4.69, 9.17) is 16.4 Å². The molecule has 1 heterocycles. The summed E-state index contributed by atoms with van der Waals surface area (Å²) in [6, 6.07) is 18.7. The van der Waals surface area contributed by atoms with Gasteiger partial charge in [-0.25, -0.2) is 14.2 Å². The lowest BCUT2D eigenvalue weighted by atomic mass is 10.0. The third-order valence-corrected chi connectivity index (χ3v) is 6.24. The van der Waals surface area contributed by atoms with Gasteiger partial charge < -0.3 is 10.2 Å². The van der Waals surface area contributed by atoms with Crippen LogP contribution in [0.3, 0.4) is 0 Å². The van der Waals surface area contributed by atoms with E-state index < -0.39 is 29.1 Å². The van der Waals surface area contributed by atoms with Crippen LogP contribution in [0.25, 0.3) is 0 Å². The van der Waals surface area contributed by atoms with Gasteiger partial charge in [0, 0.05) is 5.56 Å². The Kier molecular flexibility index (Phi) is 7.97. The molecule has 38 heavy (non-hydrogen) atoms. The number of aryl methyl sites for hydroxylation is 2. The number of amides is 1. The summed E-state index contributed by atoms with van der Waals surface area (Å²) < 4.78 is 1.68. The van der Waals surface area contributed by atoms with Gasteiger partial charge in [0.1, 0.15) is 6.61 Å². The molecular weight excluding hydrogens is 508 g/mol. The first-order valence-electron chi connectivity index (χ1n) is 12.0. The van der Waals surface area contributed by atoms with Crippen LogP contribution in [-0.2, 0) is 11.3 Å². The van der Waals surface area contributed by atoms with E-state index in [-0.39, 0.29) is 29.4 Å². The van der Waals surface area contributed by atoms with Crippen molar-refractivity contribution in [2.45, 2.75) is 33.4 Å². The van der Waals surface area contributed by atoms with Crippen molar-refractivity contribution in [3.8, 4) is 0 Å². The molecule has 4 aromatic rings. The minimum absolute atomic E-state index is 0.0152. The second-order valence-corrected chi connectivity index (χ2v) is 9.18. The monoisotopic (exact) mass is 534 g/mol. The van der Waals surface area contributed by atoms with Crippen LogP contribution in [0.1, 0.15) is 40.0 Å². The van der Waals surface area contributed by atoms with Gasteiger partial charge in [-0.2, -0.15) is 4.68 Å². The molecule has 10 heteroatoms. The second-order valence-electron chi connectivity index (χ2n) is 8.77. The maximum Gasteiger partial charge on any atom is 0.382 e. The fourth-order valence-corrected chi connectivity index (χ4v) is 4.17. The summed E-state index contributed by atoms with van der Waals surface area (Å²) in [6.45, 7) is 5.38. The molecule has 0 bridgehead atoms. The fraction of sp³-hybridized carbons (Fsp3) is 0.214. The third-order valence-electron chi connectivity index (χ3n) is 5.91. The Morgan fingerprint density at radius 3 is 2.24 bits per heavy atom. The van der Waals surface area contributed by atoms with Crippen molar-refractivity contribution in [2.24, 2.45) is 0 Å². The Morgan fingerprint density at radius 1 is 0.921 bits per heavy atom. The van der Waals surface area contributed by atoms with Crippen LogP contribution in [0.5, 0.6) is 0 Å². The Morgan fingerprint density at radius 2 is 1.58 bits per heavy atom. The van der Waals surface area contributed by atoms with E-state index >= 15 is 0 Å². The Labute approximate surface area is 223 Å². The van der Waals surface area contributed by atoms with E-state index in [0.29, 0.717) is 4.57 Å². The van der Waals surface area contributed by atoms with Gasteiger partial charge in [-0.3, -0.25) is 9.59 Å². The van der Waals surface area contributed by atoms with Gasteiger partial charge in [-0.1, -0.05) is 82.7 Å². The lowest BCUT2D eigenvalue weighted by Gasteiger charge is -2.17. The number of carbonyl (C=O) groups is 2. The molecule has 0 saturated carbocycles. The molecule has 1 N–H and O–H groups in total. The van der Waals surface area contributed by atoms with Crippen molar-refractivity contribution in [2.75, 3.05) is 11.9 Å². The topological polar surface area (TPSA) is 104 Å². The molecule has 0 aliphatic rings. The van der Waals surface area contributed by atoms with Crippen molar-refractivity contribution < 1.29 is 14.4 Å². The second kappa shape index (κ2) is 11.4. The number of nitrogens with zero attached hydrogens (tertiary/aromatic N) is 3. The molecule has 196 valence electrons. The first kappa shape index (κ1) is 26.7. The molecule has 9 nitrogen and oxygen atoms in total. The van der Waals surface area contributed by atoms with Crippen LogP contribution in [0.15, 0.2) is 82.4 Å². The molecule has 1 atom stereocenters. The summed E-state index contributed by atoms with van der Waals surface area (Å²) in [5.74, 6) is -1.62. The number of aromatic nitrogens is 3. The van der Waals surface area contributed by atoms with Gasteiger partial charge in [0.2, 0.25) is 0 Å². The normalized spacial score (nSPS) is 11.7. The quantitative estimate of drug-likeness (QED) is 0.261. The van der Waals surface area contributed by atoms with E-state index in [2.05, 4.69) is 5.32 Å². The largest absolute Gasteiger partial charge is 0.394 e. The average Bonchev–Trinajstić information content (AvgIpc) is 3.12. The van der Waals surface area contributed by atoms with Crippen molar-refractivity contribution in [3.63, 3.8) is 0 Å². The van der Waals surface area contributed by atoms with Gasteiger partial charge in [-0.15, -0.1) is 0 Å². The molecule has 0 fully saturated rings. The number of hydrogen-bond acceptors (Lipinski definition) is 5. The average molecular weight is 535 g/mol. The smallest absolute Gasteiger partial charge is 0.382 e. The summed E-state index contributed by atoms with van der Waals surface area (Å²) >= 11 is 6.27. The highest BCUT2D eigenvalue weighted by molar-refractivity contribution is 6.34. The predicted molar refractivity (Wildman–Crippen MR) is 145 cm³/mol. The minimum Gasteiger partial charge on any atom is -0.394 e. The number of ketones is 1. The highest BCUT2D eigenvalue weighted by Crippen LogP contribution is 2.24. The van der Waals surface area contributed by atoms with E-state index in [1.165, 1.54) is 0 Å². The standard InChI is InChI=1S/C28H27ClN4O5/c1-4-38-33-28(37)32(27(36)31(33)17-20-8-6-5-7-9-20)24(25(34)21-13-10-18(2)11-14-21)26(35)30-23-16-19(3)12-15-22(23)29/h5-16,24H,4,17H2,1-3H3,(H,30,35). The number of anilines is 1. The highest BCUT2D eigenvalue weighted by atomic mass is 35.5. The molecule has 4 rings (SSSR count). The lowest BCUT2D eigenvalue weighted by molar-refractivity contribution is -0.118. The van der Waals surface area contributed by atoms with Crippen molar-refractivity contribution >= 4 is 29.0 Å². The SMILES string of the molecule is CCOn1c(=O)n(C(C(=O)Nc2cc(C)ccc2Cl)C(=O)c2ccc(C)cc2)c(=O)n1Cc1ccccc1. The predicted octanol–water partition coefficient (Wildman–Crippen LogP) is 3.64. The highest BCUT2D eigenvalue weighted by Gasteiger charge is 2.36. The Balaban J connectivity index is 1.87. The zero-order chi connectivity index (χ0) is 27.4. The maximum absolute atomic E-state index is 13.7. The molecule has 0 aliphatic carbocycles. The van der Waals surface area contributed by atoms with Gasteiger partial charge in [0.25, 0.3) is 5.91 Å². The number of Topliss-reactive ketones (excluding diaryl/α,β-unsaturated/α-hetero) is 1. The lowest BCUT2D eigenvalue weighted by Crippen LogP contribution is -2.43. The summed E-state index contributed by atoms with van der Waals surface area (Å²) in [4.78, 5) is 60.8. The van der Waals surface area contributed by atoms with Crippen LogP contribution in [-0.4, -0.2) is 32.4 Å². The van der Waals surface area contributed by atoms with Crippen LogP contribution in [0, 0.1) is 13.8 Å². The first-order chi connectivity index (χ1) is 18.2. The minimum atomic E-state index is -1.82. The van der Waals surface area contributed by atoms with Crippen molar-refractivity contribution in [1.82, 2.24) is 14.1 Å². The number of nitrogens with one attached hydrogen (secondary N) is 1. The first-order valence-corrected chi connectivity index (χ1v) is 12.4. The van der Waals surface area contributed by atoms with Gasteiger partial charge in [0.15, 0.2) is 11.8 Å². The van der Waals surface area contributed by atoms with E-state index in [1.807, 2.05) is 19.9 Å². The van der Waals surface area contributed by atoms with Gasteiger partial charge in [0.05, 0.1) is 17.3 Å². The molecular formula is C28H27ClN4O5. The Bertz CT molecular complexity index is 1590. The molecule has 0 spiro atoms. The van der Waals surface area contributed by atoms with Crippen LogP contribution < -0.4 is 21.5 Å². The summed E-state index contributed by atoms with van der Waals surface area (Å²) in [6.07, 6.45) is 0. The van der Waals surface area contributed by atoms with Gasteiger partial charge >= 0.3 is 11.4 Å². The maximum atomic E-state index is 13.7. The zero-order valence-electron chi connectivity index (χ0n) is 21.2. The third kappa shape index (κ3) is 5.47. The number of hydrogen-bond donors (Lipinski definition) is 1. The number of benzene rings is 3. The summed E-state index contributed by atoms with van der Waals surface area (Å²) in [5, 5.41) is 2.87.